The van der Waals surface area contributed by atoms with E-state index in [0.29, 0.717) is 18.0 Å². The Labute approximate surface area is 166 Å². The standard InChI is InChI=1S/C22H26N2O3S/c1-15(2)17-7-12-21-18(14-17)4-3-13-24(21)22(25)16-5-10-20(11-6-16)28(26,27)23-19-8-9-19/h5-7,10-12,14-15,19,23H,3-4,8-9,13H2,1-2H3. The van der Waals surface area contributed by atoms with Crippen LogP contribution in [-0.2, 0) is 16.4 Å². The lowest BCUT2D eigenvalue weighted by Crippen LogP contribution is -2.35. The summed E-state index contributed by atoms with van der Waals surface area (Å²) < 4.78 is 27.3. The number of nitrogens with zero attached hydrogens (tertiary/aromatic N) is 1. The van der Waals surface area contributed by atoms with Gasteiger partial charge in [0.05, 0.1) is 4.90 Å². The lowest BCUT2D eigenvalue weighted by Gasteiger charge is -2.30. The predicted octanol–water partition coefficient (Wildman–Crippen LogP) is 3.84. The zero-order chi connectivity index (χ0) is 19.9. The molecule has 5 nitrogen and oxygen atoms in total. The molecule has 0 atom stereocenters. The first-order valence-electron chi connectivity index (χ1n) is 9.92. The van der Waals surface area contributed by atoms with Crippen LogP contribution in [0.1, 0.15) is 60.5 Å². The summed E-state index contributed by atoms with van der Waals surface area (Å²) in [5.41, 5.74) is 3.96. The molecule has 148 valence electrons. The summed E-state index contributed by atoms with van der Waals surface area (Å²) in [4.78, 5) is 15.1. The molecule has 1 aliphatic carbocycles. The monoisotopic (exact) mass is 398 g/mol. The van der Waals surface area contributed by atoms with E-state index >= 15 is 0 Å². The van der Waals surface area contributed by atoms with Crippen molar-refractivity contribution < 1.29 is 13.2 Å². The van der Waals surface area contributed by atoms with Gasteiger partial charge in [-0.3, -0.25) is 4.79 Å². The molecule has 0 radical (unpaired) electrons. The second-order valence-corrected chi connectivity index (χ2v) is 9.74. The molecule has 0 saturated heterocycles. The van der Waals surface area contributed by atoms with Gasteiger partial charge in [-0.1, -0.05) is 26.0 Å². The highest BCUT2D eigenvalue weighted by Gasteiger charge is 2.28. The molecule has 1 heterocycles. The normalized spacial score (nSPS) is 16.9. The maximum Gasteiger partial charge on any atom is 0.258 e. The van der Waals surface area contributed by atoms with Gasteiger partial charge in [-0.2, -0.15) is 0 Å². The van der Waals surface area contributed by atoms with Crippen molar-refractivity contribution in [1.29, 1.82) is 0 Å². The Kier molecular flexibility index (Phi) is 5.02. The van der Waals surface area contributed by atoms with E-state index in [-0.39, 0.29) is 16.8 Å². The van der Waals surface area contributed by atoms with Crippen LogP contribution in [0.3, 0.4) is 0 Å². The molecule has 6 heteroatoms. The number of amides is 1. The first-order valence-corrected chi connectivity index (χ1v) is 11.4. The van der Waals surface area contributed by atoms with Crippen molar-refractivity contribution in [2.45, 2.75) is 56.4 Å². The Morgan fingerprint density at radius 3 is 2.46 bits per heavy atom. The van der Waals surface area contributed by atoms with Crippen molar-refractivity contribution in [1.82, 2.24) is 4.72 Å². The molecule has 2 aromatic rings. The quantitative estimate of drug-likeness (QED) is 0.832. The third-order valence-corrected chi connectivity index (χ3v) is 6.98. The van der Waals surface area contributed by atoms with Crippen LogP contribution in [0.25, 0.3) is 0 Å². The summed E-state index contributed by atoms with van der Waals surface area (Å²) in [6, 6.07) is 12.7. The highest BCUT2D eigenvalue weighted by atomic mass is 32.2. The fourth-order valence-corrected chi connectivity index (χ4v) is 4.91. The molecule has 1 saturated carbocycles. The van der Waals surface area contributed by atoms with Crippen LogP contribution in [0.2, 0.25) is 0 Å². The van der Waals surface area contributed by atoms with Crippen LogP contribution in [-0.4, -0.2) is 26.9 Å². The van der Waals surface area contributed by atoms with Gasteiger partial charge in [-0.25, -0.2) is 13.1 Å². The van der Waals surface area contributed by atoms with Crippen LogP contribution in [0.15, 0.2) is 47.4 Å². The van der Waals surface area contributed by atoms with Gasteiger partial charge in [0, 0.05) is 23.8 Å². The first-order chi connectivity index (χ1) is 13.3. The summed E-state index contributed by atoms with van der Waals surface area (Å²) in [6.45, 7) is 5.01. The fourth-order valence-electron chi connectivity index (χ4n) is 3.61. The second kappa shape index (κ2) is 7.33. The van der Waals surface area contributed by atoms with Gasteiger partial charge in [0.1, 0.15) is 0 Å². The minimum Gasteiger partial charge on any atom is -0.308 e. The molecule has 0 unspecified atom stereocenters. The fraction of sp³-hybridized carbons (Fsp3) is 0.409. The van der Waals surface area contributed by atoms with Gasteiger partial charge in [-0.05, 0) is 73.1 Å². The van der Waals surface area contributed by atoms with E-state index in [1.54, 1.807) is 12.1 Å². The van der Waals surface area contributed by atoms with Crippen LogP contribution >= 0.6 is 0 Å². The number of anilines is 1. The highest BCUT2D eigenvalue weighted by Crippen LogP contribution is 2.31. The zero-order valence-corrected chi connectivity index (χ0v) is 17.1. The molecule has 0 bridgehead atoms. The number of nitrogens with one attached hydrogen (secondary N) is 1. The Morgan fingerprint density at radius 1 is 1.11 bits per heavy atom. The zero-order valence-electron chi connectivity index (χ0n) is 16.3. The van der Waals surface area contributed by atoms with Crippen LogP contribution in [0.4, 0.5) is 5.69 Å². The molecular formula is C22H26N2O3S. The average Bonchev–Trinajstić information content (AvgIpc) is 3.50. The van der Waals surface area contributed by atoms with Crippen molar-refractivity contribution in [3.05, 3.63) is 59.2 Å². The molecule has 2 aliphatic rings. The Balaban J connectivity index is 1.57. The third kappa shape index (κ3) is 3.84. The van der Waals surface area contributed by atoms with Gasteiger partial charge in [0.25, 0.3) is 5.91 Å². The van der Waals surface area contributed by atoms with E-state index in [2.05, 4.69) is 30.7 Å². The topological polar surface area (TPSA) is 66.5 Å². The van der Waals surface area contributed by atoms with Gasteiger partial charge in [-0.15, -0.1) is 0 Å². The number of hydrogen-bond donors (Lipinski definition) is 1. The predicted molar refractivity (Wildman–Crippen MR) is 110 cm³/mol. The van der Waals surface area contributed by atoms with E-state index in [0.717, 1.165) is 31.4 Å². The molecule has 28 heavy (non-hydrogen) atoms. The summed E-state index contributed by atoms with van der Waals surface area (Å²) >= 11 is 0. The Bertz CT molecular complexity index is 993. The molecule has 1 aliphatic heterocycles. The minimum atomic E-state index is -3.50. The third-order valence-electron chi connectivity index (χ3n) is 5.44. The Morgan fingerprint density at radius 2 is 1.82 bits per heavy atom. The highest BCUT2D eigenvalue weighted by molar-refractivity contribution is 7.89. The van der Waals surface area contributed by atoms with Crippen LogP contribution in [0.5, 0.6) is 0 Å². The molecular weight excluding hydrogens is 372 g/mol. The van der Waals surface area contributed by atoms with E-state index in [1.165, 1.54) is 23.3 Å². The van der Waals surface area contributed by atoms with Crippen molar-refractivity contribution in [2.75, 3.05) is 11.4 Å². The molecule has 1 amide bonds. The Hall–Kier alpha value is -2.18. The average molecular weight is 399 g/mol. The van der Waals surface area contributed by atoms with Gasteiger partial charge < -0.3 is 4.90 Å². The maximum absolute atomic E-state index is 13.1. The molecule has 0 aromatic heterocycles. The van der Waals surface area contributed by atoms with Crippen molar-refractivity contribution in [3.63, 3.8) is 0 Å². The number of carbonyl (C=O) groups excluding carboxylic acids is 1. The number of sulfonamides is 1. The number of rotatable bonds is 5. The summed E-state index contributed by atoms with van der Waals surface area (Å²) in [5, 5.41) is 0. The lowest BCUT2D eigenvalue weighted by atomic mass is 9.94. The van der Waals surface area contributed by atoms with Gasteiger partial charge in [0.2, 0.25) is 10.0 Å². The van der Waals surface area contributed by atoms with Crippen LogP contribution < -0.4 is 9.62 Å². The number of carbonyl (C=O) groups is 1. The van der Waals surface area contributed by atoms with Crippen molar-refractivity contribution in [2.24, 2.45) is 0 Å². The van der Waals surface area contributed by atoms with Crippen molar-refractivity contribution >= 4 is 21.6 Å². The van der Waals surface area contributed by atoms with Crippen molar-refractivity contribution in [3.8, 4) is 0 Å². The first kappa shape index (κ1) is 19.2. The van der Waals surface area contributed by atoms with E-state index in [9.17, 15) is 13.2 Å². The van der Waals surface area contributed by atoms with Crippen LogP contribution in [0, 0.1) is 0 Å². The number of hydrogen-bond acceptors (Lipinski definition) is 3. The summed E-state index contributed by atoms with van der Waals surface area (Å²) in [6.07, 6.45) is 3.69. The SMILES string of the molecule is CC(C)c1ccc2c(c1)CCCN2C(=O)c1ccc(S(=O)(=O)NC2CC2)cc1. The smallest absolute Gasteiger partial charge is 0.258 e. The molecule has 0 spiro atoms. The minimum absolute atomic E-state index is 0.0619. The van der Waals surface area contributed by atoms with Gasteiger partial charge >= 0.3 is 0 Å². The lowest BCUT2D eigenvalue weighted by molar-refractivity contribution is 0.0985. The van der Waals surface area contributed by atoms with E-state index < -0.39 is 10.0 Å². The number of benzene rings is 2. The molecule has 4 rings (SSSR count). The molecule has 2 aromatic carbocycles. The largest absolute Gasteiger partial charge is 0.308 e. The number of aryl methyl sites for hydroxylation is 1. The summed E-state index contributed by atoms with van der Waals surface area (Å²) in [5.74, 6) is 0.368. The molecule has 1 N–H and O–H groups in total. The molecule has 1 fully saturated rings. The second-order valence-electron chi connectivity index (χ2n) is 8.02. The van der Waals surface area contributed by atoms with E-state index in [1.807, 2.05) is 11.0 Å². The van der Waals surface area contributed by atoms with E-state index in [4.69, 9.17) is 0 Å². The van der Waals surface area contributed by atoms with Gasteiger partial charge in [0.15, 0.2) is 0 Å². The maximum atomic E-state index is 13.1. The number of fused-ring (bicyclic) bond motifs is 1. The summed E-state index contributed by atoms with van der Waals surface area (Å²) in [7, 11) is -3.50.